The molecule has 0 saturated carbocycles. The molecule has 7 heavy (non-hydrogen) atoms. The second kappa shape index (κ2) is 1.78. The largest absolute Gasteiger partial charge is 0.491 e. The molecule has 0 bridgehead atoms. The van der Waals surface area contributed by atoms with Gasteiger partial charge in [0, 0.05) is 6.21 Å². The first-order chi connectivity index (χ1) is 3.39. The molecule has 0 spiro atoms. The highest BCUT2D eigenvalue weighted by atomic mass is 16.5. The minimum absolute atomic E-state index is 0.157. The number of nitrogens with zero attached hydrogens (tertiary/aromatic N) is 1. The van der Waals surface area contributed by atoms with Gasteiger partial charge in [0.15, 0.2) is 0 Å². The van der Waals surface area contributed by atoms with Gasteiger partial charge in [0.2, 0.25) is 0 Å². The lowest BCUT2D eigenvalue weighted by Crippen LogP contribution is -2.06. The van der Waals surface area contributed by atoms with Crippen LogP contribution < -0.4 is 0 Å². The summed E-state index contributed by atoms with van der Waals surface area (Å²) < 4.78 is 4.95. The van der Waals surface area contributed by atoms with E-state index in [0.717, 1.165) is 0 Å². The lowest BCUT2D eigenvalue weighted by molar-refractivity contribution is 0.219. The zero-order valence-electron chi connectivity index (χ0n) is 4.16. The van der Waals surface area contributed by atoms with Crippen LogP contribution in [0.2, 0.25) is 0 Å². The molecule has 0 aromatic carbocycles. The van der Waals surface area contributed by atoms with Crippen molar-refractivity contribution in [2.45, 2.75) is 13.0 Å². The van der Waals surface area contributed by atoms with Gasteiger partial charge >= 0.3 is 0 Å². The number of hydrogen-bond acceptors (Lipinski definition) is 2. The maximum atomic E-state index is 4.95. The third-order valence-corrected chi connectivity index (χ3v) is 0.736. The van der Waals surface area contributed by atoms with Gasteiger partial charge < -0.3 is 4.74 Å². The molecular weight excluding hydrogens is 90.1 g/mol. The monoisotopic (exact) mass is 97.1 g/mol. The molecule has 0 aromatic heterocycles. The topological polar surface area (TPSA) is 21.6 Å². The van der Waals surface area contributed by atoms with E-state index in [9.17, 15) is 0 Å². The molecular formula is C5H7NO. The van der Waals surface area contributed by atoms with Crippen molar-refractivity contribution in [1.82, 2.24) is 0 Å². The molecule has 0 aromatic rings. The van der Waals surface area contributed by atoms with Crippen LogP contribution in [0, 0.1) is 0 Å². The molecule has 0 amide bonds. The van der Waals surface area contributed by atoms with Crippen LogP contribution >= 0.6 is 0 Å². The van der Waals surface area contributed by atoms with Crippen LogP contribution in [0.3, 0.4) is 0 Å². The lowest BCUT2D eigenvalue weighted by atomic mass is 10.4. The van der Waals surface area contributed by atoms with Crippen LogP contribution in [0.15, 0.2) is 17.5 Å². The first-order valence-corrected chi connectivity index (χ1v) is 2.23. The summed E-state index contributed by atoms with van der Waals surface area (Å²) in [4.78, 5) is 3.83. The van der Waals surface area contributed by atoms with E-state index in [1.54, 1.807) is 18.7 Å². The Morgan fingerprint density at radius 1 is 1.71 bits per heavy atom. The minimum Gasteiger partial charge on any atom is -0.491 e. The van der Waals surface area contributed by atoms with Gasteiger partial charge in [-0.1, -0.05) is 0 Å². The summed E-state index contributed by atoms with van der Waals surface area (Å²) in [5.41, 5.74) is 0. The molecule has 2 heteroatoms. The zero-order chi connectivity index (χ0) is 5.11. The fourth-order valence-corrected chi connectivity index (χ4v) is 0.400. The molecule has 1 aliphatic rings. The highest BCUT2D eigenvalue weighted by molar-refractivity contribution is 5.63. The van der Waals surface area contributed by atoms with Crippen LogP contribution in [-0.2, 0) is 4.74 Å². The quantitative estimate of drug-likeness (QED) is 0.441. The van der Waals surface area contributed by atoms with E-state index in [2.05, 4.69) is 4.99 Å². The second-order valence-electron chi connectivity index (χ2n) is 1.42. The molecule has 0 saturated heterocycles. The van der Waals surface area contributed by atoms with Crippen molar-refractivity contribution in [2.24, 2.45) is 4.99 Å². The number of ether oxygens (including phenoxy) is 1. The highest BCUT2D eigenvalue weighted by Crippen LogP contribution is 1.93. The Labute approximate surface area is 42.5 Å². The summed E-state index contributed by atoms with van der Waals surface area (Å²) in [6.07, 6.45) is 5.12. The van der Waals surface area contributed by atoms with Crippen molar-refractivity contribution >= 4 is 6.21 Å². The Balaban J connectivity index is 2.49. The van der Waals surface area contributed by atoms with Gasteiger partial charge in [-0.05, 0) is 6.92 Å². The molecule has 0 aliphatic carbocycles. The molecule has 2 nitrogen and oxygen atoms in total. The number of aliphatic imine (C=N–C) groups is 1. The van der Waals surface area contributed by atoms with Crippen molar-refractivity contribution < 1.29 is 4.74 Å². The Bertz CT molecular complexity index is 107. The van der Waals surface area contributed by atoms with E-state index < -0.39 is 0 Å². The van der Waals surface area contributed by atoms with Crippen LogP contribution in [0.5, 0.6) is 0 Å². The molecule has 0 radical (unpaired) electrons. The number of rotatable bonds is 0. The Hall–Kier alpha value is -0.790. The van der Waals surface area contributed by atoms with Gasteiger partial charge in [0.05, 0.1) is 6.20 Å². The number of hydrogen-bond donors (Lipinski definition) is 0. The van der Waals surface area contributed by atoms with Crippen LogP contribution in [0.4, 0.5) is 0 Å². The van der Waals surface area contributed by atoms with Crippen molar-refractivity contribution in [3.63, 3.8) is 0 Å². The summed E-state index contributed by atoms with van der Waals surface area (Å²) in [7, 11) is 0. The summed E-state index contributed by atoms with van der Waals surface area (Å²) in [6.45, 7) is 1.94. The first-order valence-electron chi connectivity index (χ1n) is 2.23. The van der Waals surface area contributed by atoms with Gasteiger partial charge in [-0.2, -0.15) is 0 Å². The molecule has 38 valence electrons. The smallest absolute Gasteiger partial charge is 0.130 e. The van der Waals surface area contributed by atoms with E-state index in [4.69, 9.17) is 4.74 Å². The summed E-state index contributed by atoms with van der Waals surface area (Å²) in [5, 5.41) is 0. The fraction of sp³-hybridized carbons (Fsp3) is 0.400. The van der Waals surface area contributed by atoms with E-state index in [0.29, 0.717) is 0 Å². The fourth-order valence-electron chi connectivity index (χ4n) is 0.400. The molecule has 0 fully saturated rings. The van der Waals surface area contributed by atoms with E-state index in [-0.39, 0.29) is 6.10 Å². The standard InChI is InChI=1S/C5H7NO/c1-5-4-6-2-3-7-5/h2-5H,1H3/t5-/m1/s1. The Kier molecular flexibility index (Phi) is 1.11. The molecule has 0 N–H and O–H groups in total. The van der Waals surface area contributed by atoms with Crippen LogP contribution in [0.1, 0.15) is 6.92 Å². The average molecular weight is 97.1 g/mol. The normalized spacial score (nSPS) is 27.3. The predicted molar refractivity (Wildman–Crippen MR) is 28.2 cm³/mol. The maximum absolute atomic E-state index is 4.95. The van der Waals surface area contributed by atoms with Crippen LogP contribution in [-0.4, -0.2) is 12.3 Å². The van der Waals surface area contributed by atoms with Crippen LogP contribution in [0.25, 0.3) is 0 Å². The SMILES string of the molecule is C[C@@H]1C=NC=CO1. The van der Waals surface area contributed by atoms with Gasteiger partial charge in [0.25, 0.3) is 0 Å². The third kappa shape index (κ3) is 1.03. The summed E-state index contributed by atoms with van der Waals surface area (Å²) in [6, 6.07) is 0. The van der Waals surface area contributed by atoms with E-state index >= 15 is 0 Å². The molecule has 1 heterocycles. The first kappa shape index (κ1) is 4.37. The maximum Gasteiger partial charge on any atom is 0.130 e. The van der Waals surface area contributed by atoms with Gasteiger partial charge in [0.1, 0.15) is 12.4 Å². The van der Waals surface area contributed by atoms with Crippen molar-refractivity contribution in [3.05, 3.63) is 12.5 Å². The Morgan fingerprint density at radius 2 is 2.57 bits per heavy atom. The highest BCUT2D eigenvalue weighted by Gasteiger charge is 1.94. The third-order valence-electron chi connectivity index (χ3n) is 0.736. The zero-order valence-corrected chi connectivity index (χ0v) is 4.16. The van der Waals surface area contributed by atoms with Gasteiger partial charge in [-0.3, -0.25) is 4.99 Å². The predicted octanol–water partition coefficient (Wildman–Crippen LogP) is 0.947. The lowest BCUT2D eigenvalue weighted by Gasteiger charge is -2.05. The molecule has 1 atom stereocenters. The van der Waals surface area contributed by atoms with Gasteiger partial charge in [-0.15, -0.1) is 0 Å². The molecule has 0 unspecified atom stereocenters. The Morgan fingerprint density at radius 3 is 2.86 bits per heavy atom. The van der Waals surface area contributed by atoms with E-state index in [1.165, 1.54) is 0 Å². The van der Waals surface area contributed by atoms with Crippen molar-refractivity contribution in [3.8, 4) is 0 Å². The summed E-state index contributed by atoms with van der Waals surface area (Å²) >= 11 is 0. The minimum atomic E-state index is 0.157. The molecule has 1 rings (SSSR count). The van der Waals surface area contributed by atoms with Crippen molar-refractivity contribution in [2.75, 3.05) is 0 Å². The molecule has 1 aliphatic heterocycles. The van der Waals surface area contributed by atoms with E-state index in [1.807, 2.05) is 6.92 Å². The average Bonchev–Trinajstić information content (AvgIpc) is 1.69. The van der Waals surface area contributed by atoms with Gasteiger partial charge in [-0.25, -0.2) is 0 Å². The second-order valence-corrected chi connectivity index (χ2v) is 1.42. The van der Waals surface area contributed by atoms with Crippen molar-refractivity contribution in [1.29, 1.82) is 0 Å². The summed E-state index contributed by atoms with van der Waals surface area (Å²) in [5.74, 6) is 0.